The lowest BCUT2D eigenvalue weighted by molar-refractivity contribution is -0.111. The average molecular weight is 319 g/mol. The van der Waals surface area contributed by atoms with Gasteiger partial charge in [-0.05, 0) is 24.3 Å². The van der Waals surface area contributed by atoms with Crippen molar-refractivity contribution in [1.29, 1.82) is 0 Å². The molecule has 1 amide bonds. The molecular formula is C14H11ClN4OS. The van der Waals surface area contributed by atoms with E-state index in [2.05, 4.69) is 15.4 Å². The fraction of sp³-hybridized carbons (Fsp3) is 0.0714. The van der Waals surface area contributed by atoms with Crippen LogP contribution in [-0.2, 0) is 11.8 Å². The van der Waals surface area contributed by atoms with Gasteiger partial charge in [-0.15, -0.1) is 0 Å². The number of thiazole rings is 1. The van der Waals surface area contributed by atoms with Crippen molar-refractivity contribution < 1.29 is 4.79 Å². The molecule has 1 N–H and O–H groups in total. The number of anilines is 1. The van der Waals surface area contributed by atoms with Crippen molar-refractivity contribution in [3.8, 4) is 0 Å². The zero-order valence-corrected chi connectivity index (χ0v) is 12.6. The maximum atomic E-state index is 11.9. The summed E-state index contributed by atoms with van der Waals surface area (Å²) in [5.41, 5.74) is 1.68. The number of carbonyl (C=O) groups is 1. The molecule has 5 nitrogen and oxygen atoms in total. The summed E-state index contributed by atoms with van der Waals surface area (Å²) in [5, 5.41) is 7.97. The number of rotatable bonds is 3. The molecule has 1 aromatic carbocycles. The van der Waals surface area contributed by atoms with Gasteiger partial charge in [0.1, 0.15) is 0 Å². The van der Waals surface area contributed by atoms with Gasteiger partial charge in [0.05, 0.1) is 16.4 Å². The molecule has 3 aromatic rings. The highest BCUT2D eigenvalue weighted by Crippen LogP contribution is 2.28. The van der Waals surface area contributed by atoms with E-state index in [1.165, 1.54) is 17.4 Å². The van der Waals surface area contributed by atoms with Crippen LogP contribution in [0, 0.1) is 0 Å². The second kappa shape index (κ2) is 5.67. The summed E-state index contributed by atoms with van der Waals surface area (Å²) in [5.74, 6) is -0.232. The molecule has 0 saturated heterocycles. The quantitative estimate of drug-likeness (QED) is 0.753. The van der Waals surface area contributed by atoms with Gasteiger partial charge < -0.3 is 0 Å². The molecule has 0 spiro atoms. The van der Waals surface area contributed by atoms with Gasteiger partial charge in [0.25, 0.3) is 0 Å². The van der Waals surface area contributed by atoms with Gasteiger partial charge in [-0.1, -0.05) is 22.9 Å². The zero-order valence-electron chi connectivity index (χ0n) is 11.1. The van der Waals surface area contributed by atoms with E-state index >= 15 is 0 Å². The molecule has 0 radical (unpaired) electrons. The molecule has 0 bridgehead atoms. The number of aryl methyl sites for hydroxylation is 1. The van der Waals surface area contributed by atoms with Crippen LogP contribution in [0.1, 0.15) is 5.56 Å². The first-order chi connectivity index (χ1) is 10.1. The van der Waals surface area contributed by atoms with Crippen LogP contribution in [0.5, 0.6) is 0 Å². The fourth-order valence-corrected chi connectivity index (χ4v) is 2.94. The molecule has 7 heteroatoms. The lowest BCUT2D eigenvalue weighted by atomic mass is 10.3. The first-order valence-electron chi connectivity index (χ1n) is 6.14. The van der Waals surface area contributed by atoms with E-state index in [1.54, 1.807) is 23.0 Å². The molecule has 21 heavy (non-hydrogen) atoms. The minimum absolute atomic E-state index is 0.232. The molecule has 2 heterocycles. The Hall–Kier alpha value is -2.18. The normalized spacial score (nSPS) is 11.3. The van der Waals surface area contributed by atoms with Crippen molar-refractivity contribution in [3.63, 3.8) is 0 Å². The Morgan fingerprint density at radius 2 is 2.33 bits per heavy atom. The standard InChI is InChI=1S/C14H11ClN4OS/c1-19-8-9(7-16-19)2-5-13(20)18-14-17-11-4-3-10(15)6-12(11)21-14/h2-8H,1H3,(H,17,18,20). The zero-order chi connectivity index (χ0) is 14.8. The Balaban J connectivity index is 1.72. The number of nitrogens with zero attached hydrogens (tertiary/aromatic N) is 3. The van der Waals surface area contributed by atoms with Gasteiger partial charge in [0.15, 0.2) is 5.13 Å². The molecule has 0 aliphatic carbocycles. The van der Waals surface area contributed by atoms with Crippen LogP contribution in [0.3, 0.4) is 0 Å². The first-order valence-corrected chi connectivity index (χ1v) is 7.33. The third-order valence-corrected chi connectivity index (χ3v) is 3.90. The summed E-state index contributed by atoms with van der Waals surface area (Å²) in [7, 11) is 1.82. The van der Waals surface area contributed by atoms with Crippen molar-refractivity contribution in [2.24, 2.45) is 7.05 Å². The summed E-state index contributed by atoms with van der Waals surface area (Å²) >= 11 is 7.31. The summed E-state index contributed by atoms with van der Waals surface area (Å²) < 4.78 is 2.61. The maximum Gasteiger partial charge on any atom is 0.250 e. The van der Waals surface area contributed by atoms with Crippen molar-refractivity contribution in [2.45, 2.75) is 0 Å². The van der Waals surface area contributed by atoms with Gasteiger partial charge in [-0.2, -0.15) is 5.10 Å². The molecule has 0 aliphatic rings. The average Bonchev–Trinajstić information content (AvgIpc) is 3.01. The number of hydrogen-bond acceptors (Lipinski definition) is 4. The third-order valence-electron chi connectivity index (χ3n) is 2.73. The smallest absolute Gasteiger partial charge is 0.250 e. The van der Waals surface area contributed by atoms with Crippen LogP contribution in [0.4, 0.5) is 5.13 Å². The number of halogens is 1. The van der Waals surface area contributed by atoms with Crippen molar-refractivity contribution in [1.82, 2.24) is 14.8 Å². The first kappa shape index (κ1) is 13.8. The minimum atomic E-state index is -0.232. The fourth-order valence-electron chi connectivity index (χ4n) is 1.80. The predicted molar refractivity (Wildman–Crippen MR) is 85.5 cm³/mol. The Morgan fingerprint density at radius 3 is 3.10 bits per heavy atom. The van der Waals surface area contributed by atoms with Crippen LogP contribution in [0.15, 0.2) is 36.7 Å². The van der Waals surface area contributed by atoms with E-state index in [0.717, 1.165) is 15.8 Å². The lowest BCUT2D eigenvalue weighted by Crippen LogP contribution is -2.07. The topological polar surface area (TPSA) is 59.8 Å². The number of aromatic nitrogens is 3. The molecule has 0 fully saturated rings. The second-order valence-corrected chi connectivity index (χ2v) is 5.87. The van der Waals surface area contributed by atoms with Crippen molar-refractivity contribution in [2.75, 3.05) is 5.32 Å². The van der Waals surface area contributed by atoms with Gasteiger partial charge in [-0.3, -0.25) is 14.8 Å². The monoisotopic (exact) mass is 318 g/mol. The lowest BCUT2D eigenvalue weighted by Gasteiger charge is -1.94. The number of hydrogen-bond donors (Lipinski definition) is 1. The molecule has 0 atom stereocenters. The molecular weight excluding hydrogens is 308 g/mol. The third kappa shape index (κ3) is 3.29. The summed E-state index contributed by atoms with van der Waals surface area (Å²) in [6, 6.07) is 5.43. The predicted octanol–water partition coefficient (Wildman–Crippen LogP) is 3.34. The largest absolute Gasteiger partial charge is 0.298 e. The highest BCUT2D eigenvalue weighted by molar-refractivity contribution is 7.22. The minimum Gasteiger partial charge on any atom is -0.298 e. The Morgan fingerprint density at radius 1 is 1.48 bits per heavy atom. The maximum absolute atomic E-state index is 11.9. The van der Waals surface area contributed by atoms with Crippen LogP contribution in [0.2, 0.25) is 5.02 Å². The molecule has 2 aromatic heterocycles. The SMILES string of the molecule is Cn1cc(C=CC(=O)Nc2nc3ccc(Cl)cc3s2)cn1. The van der Waals surface area contributed by atoms with E-state index in [4.69, 9.17) is 11.6 Å². The number of fused-ring (bicyclic) bond motifs is 1. The van der Waals surface area contributed by atoms with E-state index in [1.807, 2.05) is 25.4 Å². The van der Waals surface area contributed by atoms with Crippen LogP contribution in [0.25, 0.3) is 16.3 Å². The summed E-state index contributed by atoms with van der Waals surface area (Å²) in [4.78, 5) is 16.2. The highest BCUT2D eigenvalue weighted by atomic mass is 35.5. The van der Waals surface area contributed by atoms with Crippen molar-refractivity contribution >= 4 is 50.3 Å². The molecule has 0 unspecified atom stereocenters. The van der Waals surface area contributed by atoms with Crippen LogP contribution >= 0.6 is 22.9 Å². The Labute approximate surface area is 129 Å². The van der Waals surface area contributed by atoms with Gasteiger partial charge in [-0.25, -0.2) is 4.98 Å². The second-order valence-electron chi connectivity index (χ2n) is 4.40. The van der Waals surface area contributed by atoms with E-state index in [-0.39, 0.29) is 5.91 Å². The highest BCUT2D eigenvalue weighted by Gasteiger charge is 2.06. The van der Waals surface area contributed by atoms with Gasteiger partial charge >= 0.3 is 0 Å². The number of carbonyl (C=O) groups excluding carboxylic acids is 1. The molecule has 106 valence electrons. The molecule has 3 rings (SSSR count). The van der Waals surface area contributed by atoms with Crippen LogP contribution < -0.4 is 5.32 Å². The van der Waals surface area contributed by atoms with E-state index < -0.39 is 0 Å². The Kier molecular flexibility index (Phi) is 3.72. The number of nitrogens with one attached hydrogen (secondary N) is 1. The summed E-state index contributed by atoms with van der Waals surface area (Å²) in [6.07, 6.45) is 6.66. The number of benzene rings is 1. The van der Waals surface area contributed by atoms with E-state index in [0.29, 0.717) is 10.2 Å². The number of amides is 1. The molecule has 0 saturated carbocycles. The van der Waals surface area contributed by atoms with E-state index in [9.17, 15) is 4.79 Å². The Bertz CT molecular complexity index is 836. The van der Waals surface area contributed by atoms with Crippen LogP contribution in [-0.4, -0.2) is 20.7 Å². The van der Waals surface area contributed by atoms with Gasteiger partial charge in [0, 0.05) is 29.9 Å². The molecule has 0 aliphatic heterocycles. The van der Waals surface area contributed by atoms with Crippen molar-refractivity contribution in [3.05, 3.63) is 47.3 Å². The summed E-state index contributed by atoms with van der Waals surface area (Å²) in [6.45, 7) is 0. The van der Waals surface area contributed by atoms with Gasteiger partial charge in [0.2, 0.25) is 5.91 Å².